The number of nitrogens with one attached hydrogen (secondary N) is 1. The van der Waals surface area contributed by atoms with Crippen molar-refractivity contribution in [2.75, 3.05) is 11.4 Å². The highest BCUT2D eigenvalue weighted by molar-refractivity contribution is 6.31. The average Bonchev–Trinajstić information content (AvgIpc) is 3.70. The van der Waals surface area contributed by atoms with Crippen molar-refractivity contribution in [1.82, 2.24) is 25.0 Å². The topological polar surface area (TPSA) is 165 Å². The molecule has 0 bridgehead atoms. The number of nitrogens with zero attached hydrogens (tertiary/aromatic N) is 6. The number of halogens is 6. The number of pyridine rings is 1. The van der Waals surface area contributed by atoms with Crippen molar-refractivity contribution in [2.24, 2.45) is 5.73 Å². The molecule has 12 nitrogen and oxygen atoms in total. The van der Waals surface area contributed by atoms with Crippen molar-refractivity contribution in [1.29, 1.82) is 5.26 Å². The van der Waals surface area contributed by atoms with Crippen molar-refractivity contribution in [2.45, 2.75) is 64.8 Å². The SMILES string of the molecule is CC(C)(C)OC(=O)N(CC(F)F)c1nc(-c2cnn(C(F)F)c2-c2c(F)c(Cl)cc(OC3CC3)c2C#N)cc2c(CN)n[nH]c(=O)c12. The minimum atomic E-state index is -3.39. The number of anilines is 1. The van der Waals surface area contributed by atoms with E-state index >= 15 is 4.39 Å². The Balaban J connectivity index is 1.87. The molecule has 0 spiro atoms. The summed E-state index contributed by atoms with van der Waals surface area (Å²) in [6.45, 7) is -0.561. The molecule has 0 radical (unpaired) electrons. The molecule has 1 aliphatic carbocycles. The number of carbonyl (C=O) groups excluding carboxylic acids is 1. The van der Waals surface area contributed by atoms with Gasteiger partial charge in [-0.25, -0.2) is 32.7 Å². The van der Waals surface area contributed by atoms with Gasteiger partial charge in [0.2, 0.25) is 0 Å². The van der Waals surface area contributed by atoms with E-state index < -0.39 is 75.6 Å². The van der Waals surface area contributed by atoms with Crippen LogP contribution in [-0.4, -0.2) is 55.7 Å². The van der Waals surface area contributed by atoms with E-state index in [1.54, 1.807) is 6.07 Å². The first-order chi connectivity index (χ1) is 22.1. The molecule has 3 N–H and O–H groups in total. The zero-order valence-corrected chi connectivity index (χ0v) is 25.7. The van der Waals surface area contributed by atoms with Gasteiger partial charge in [0, 0.05) is 23.6 Å². The van der Waals surface area contributed by atoms with E-state index in [0.29, 0.717) is 17.7 Å². The van der Waals surface area contributed by atoms with Crippen LogP contribution in [0.5, 0.6) is 5.75 Å². The second kappa shape index (κ2) is 12.8. The number of ether oxygens (including phenoxy) is 2. The quantitative estimate of drug-likeness (QED) is 0.204. The first-order valence-electron chi connectivity index (χ1n) is 14.0. The lowest BCUT2D eigenvalue weighted by molar-refractivity contribution is 0.0542. The number of hydrogen-bond donors (Lipinski definition) is 2. The Labute approximate surface area is 267 Å². The second-order valence-corrected chi connectivity index (χ2v) is 11.8. The first-order valence-corrected chi connectivity index (χ1v) is 14.4. The molecule has 0 aliphatic heterocycles. The van der Waals surface area contributed by atoms with Crippen molar-refractivity contribution in [3.8, 4) is 34.3 Å². The fourth-order valence-electron chi connectivity index (χ4n) is 4.75. The predicted octanol–water partition coefficient (Wildman–Crippen LogP) is 5.91. The molecule has 1 aliphatic rings. The maximum atomic E-state index is 15.9. The van der Waals surface area contributed by atoms with Crippen LogP contribution in [0.25, 0.3) is 33.3 Å². The van der Waals surface area contributed by atoms with Crippen molar-refractivity contribution < 1.29 is 36.2 Å². The molecule has 4 aromatic rings. The van der Waals surface area contributed by atoms with E-state index in [4.69, 9.17) is 26.8 Å². The highest BCUT2D eigenvalue weighted by Crippen LogP contribution is 2.44. The minimum Gasteiger partial charge on any atom is -0.489 e. The molecule has 5 rings (SSSR count). The lowest BCUT2D eigenvalue weighted by Gasteiger charge is -2.27. The Hall–Kier alpha value is -4.82. The normalized spacial score (nSPS) is 13.3. The van der Waals surface area contributed by atoms with Crippen LogP contribution >= 0.6 is 11.6 Å². The number of fused-ring (bicyclic) bond motifs is 1. The minimum absolute atomic E-state index is 0.000238. The Morgan fingerprint density at radius 2 is 1.98 bits per heavy atom. The second-order valence-electron chi connectivity index (χ2n) is 11.4. The summed E-state index contributed by atoms with van der Waals surface area (Å²) < 4.78 is 83.8. The molecule has 18 heteroatoms. The number of H-pyrrole nitrogens is 1. The summed E-state index contributed by atoms with van der Waals surface area (Å²) in [5.41, 5.74) is 1.15. The van der Waals surface area contributed by atoms with Crippen LogP contribution in [0.15, 0.2) is 23.1 Å². The summed E-state index contributed by atoms with van der Waals surface area (Å²) in [7, 11) is 0. The van der Waals surface area contributed by atoms with E-state index in [2.05, 4.69) is 20.3 Å². The number of rotatable bonds is 9. The highest BCUT2D eigenvalue weighted by atomic mass is 35.5. The summed E-state index contributed by atoms with van der Waals surface area (Å²) in [5.74, 6) is -2.08. The molecule has 1 amide bonds. The Kier molecular flexibility index (Phi) is 9.11. The lowest BCUT2D eigenvalue weighted by atomic mass is 9.98. The number of alkyl halides is 4. The third-order valence-electron chi connectivity index (χ3n) is 6.82. The van der Waals surface area contributed by atoms with Gasteiger partial charge in [0.05, 0.1) is 51.9 Å². The number of aromatic nitrogens is 5. The molecule has 1 fully saturated rings. The van der Waals surface area contributed by atoms with Crippen molar-refractivity contribution in [3.05, 3.63) is 50.8 Å². The van der Waals surface area contributed by atoms with Gasteiger partial charge in [0.1, 0.15) is 23.0 Å². The first kappa shape index (κ1) is 33.5. The molecular weight excluding hydrogens is 655 g/mol. The molecular formula is C29H26ClF5N8O4. The van der Waals surface area contributed by atoms with Gasteiger partial charge in [0.15, 0.2) is 11.6 Å². The number of amides is 1. The van der Waals surface area contributed by atoms with Crippen molar-refractivity contribution in [3.63, 3.8) is 0 Å². The molecule has 0 saturated heterocycles. The number of hydrogen-bond acceptors (Lipinski definition) is 9. The summed E-state index contributed by atoms with van der Waals surface area (Å²) in [4.78, 5) is 31.1. The van der Waals surface area contributed by atoms with E-state index in [9.17, 15) is 32.4 Å². The maximum absolute atomic E-state index is 15.9. The molecule has 0 atom stereocenters. The molecule has 3 aromatic heterocycles. The lowest BCUT2D eigenvalue weighted by Crippen LogP contribution is -2.40. The zero-order chi connectivity index (χ0) is 34.4. The van der Waals surface area contributed by atoms with Crippen LogP contribution in [0.1, 0.15) is 51.4 Å². The Morgan fingerprint density at radius 1 is 1.28 bits per heavy atom. The van der Waals surface area contributed by atoms with Crippen LogP contribution in [0.4, 0.5) is 32.6 Å². The van der Waals surface area contributed by atoms with Gasteiger partial charge in [0.25, 0.3) is 12.0 Å². The number of nitriles is 1. The molecule has 1 aromatic carbocycles. The standard InChI is InChI=1S/C29H26ClF5N8O4/c1-29(2,3)47-28(45)42(11-20(31)32)25-22-13(18(9-37)40-41-26(22)44)6-17(39-25)15-10-38-43(27(34)35)24(15)21-14(8-36)19(46-12-4-5-12)7-16(30)23(21)33/h6-7,10,12,20,27H,4-5,9,11,37H2,1-3H3,(H,41,44). The van der Waals surface area contributed by atoms with Crippen molar-refractivity contribution >= 4 is 34.3 Å². The third kappa shape index (κ3) is 6.69. The summed E-state index contributed by atoms with van der Waals surface area (Å²) in [6, 6.07) is 4.02. The molecule has 3 heterocycles. The van der Waals surface area contributed by atoms with Crippen LogP contribution in [0.2, 0.25) is 5.02 Å². The predicted molar refractivity (Wildman–Crippen MR) is 159 cm³/mol. The largest absolute Gasteiger partial charge is 0.489 e. The average molecular weight is 681 g/mol. The Morgan fingerprint density at radius 3 is 2.55 bits per heavy atom. The number of benzene rings is 1. The highest BCUT2D eigenvalue weighted by Gasteiger charge is 2.34. The third-order valence-corrected chi connectivity index (χ3v) is 7.10. The van der Waals surface area contributed by atoms with Gasteiger partial charge in [-0.3, -0.25) is 9.69 Å². The molecule has 1 saturated carbocycles. The summed E-state index contributed by atoms with van der Waals surface area (Å²) in [5, 5.41) is 18.8. The van der Waals surface area contributed by atoms with Gasteiger partial charge in [-0.15, -0.1) is 0 Å². The van der Waals surface area contributed by atoms with Gasteiger partial charge in [-0.1, -0.05) is 11.6 Å². The fourth-order valence-corrected chi connectivity index (χ4v) is 4.94. The molecule has 47 heavy (non-hydrogen) atoms. The van der Waals surface area contributed by atoms with Crippen LogP contribution in [0.3, 0.4) is 0 Å². The monoisotopic (exact) mass is 680 g/mol. The van der Waals surface area contributed by atoms with Gasteiger partial charge < -0.3 is 15.2 Å². The summed E-state index contributed by atoms with van der Waals surface area (Å²) in [6.07, 6.45) is -2.61. The Bertz CT molecular complexity index is 1970. The summed E-state index contributed by atoms with van der Waals surface area (Å²) >= 11 is 6.15. The molecule has 248 valence electrons. The molecule has 0 unspecified atom stereocenters. The van der Waals surface area contributed by atoms with Gasteiger partial charge in [-0.2, -0.15) is 24.2 Å². The van der Waals surface area contributed by atoms with Gasteiger partial charge in [-0.05, 0) is 39.7 Å². The van der Waals surface area contributed by atoms with E-state index in [1.807, 2.05) is 0 Å². The van der Waals surface area contributed by atoms with Gasteiger partial charge >= 0.3 is 12.6 Å². The van der Waals surface area contributed by atoms with Crippen LogP contribution in [0, 0.1) is 17.1 Å². The van der Waals surface area contributed by atoms with E-state index in [0.717, 1.165) is 12.3 Å². The fraction of sp³-hybridized carbons (Fsp3) is 0.379. The van der Waals surface area contributed by atoms with E-state index in [-0.39, 0.29) is 45.4 Å². The number of aromatic amines is 1. The number of carbonyl (C=O) groups is 1. The van der Waals surface area contributed by atoms with E-state index in [1.165, 1.54) is 26.8 Å². The van der Waals surface area contributed by atoms with Crippen LogP contribution < -0.4 is 20.9 Å². The zero-order valence-electron chi connectivity index (χ0n) is 25.0. The van der Waals surface area contributed by atoms with Crippen LogP contribution in [-0.2, 0) is 11.3 Å². The maximum Gasteiger partial charge on any atom is 0.416 e. The number of nitrogens with two attached hydrogens (primary N) is 1. The smallest absolute Gasteiger partial charge is 0.416 e.